The lowest BCUT2D eigenvalue weighted by Gasteiger charge is -2.16. The molecule has 6 N–H and O–H groups in total. The van der Waals surface area contributed by atoms with Crippen LogP contribution in [0.15, 0.2) is 29.4 Å². The fraction of sp³-hybridized carbons (Fsp3) is 0.250. The van der Waals surface area contributed by atoms with E-state index in [0.29, 0.717) is 24.7 Å². The number of hydrogen-bond acceptors (Lipinski definition) is 8. The van der Waals surface area contributed by atoms with Gasteiger partial charge in [0.2, 0.25) is 5.91 Å². The molecule has 2 heterocycles. The van der Waals surface area contributed by atoms with Gasteiger partial charge in [0.25, 0.3) is 5.91 Å². The number of aliphatic carboxylic acids is 1. The first-order valence-corrected chi connectivity index (χ1v) is 11.0. The minimum atomic E-state index is -1.41. The van der Waals surface area contributed by atoms with Gasteiger partial charge >= 0.3 is 5.97 Å². The zero-order chi connectivity index (χ0) is 24.8. The van der Waals surface area contributed by atoms with E-state index in [4.69, 9.17) is 34.8 Å². The number of phenols is 1. The van der Waals surface area contributed by atoms with Gasteiger partial charge in [-0.05, 0) is 23.8 Å². The van der Waals surface area contributed by atoms with Gasteiger partial charge in [-0.1, -0.05) is 34.8 Å². The van der Waals surface area contributed by atoms with Crippen molar-refractivity contribution in [2.75, 3.05) is 25.0 Å². The van der Waals surface area contributed by atoms with E-state index in [1.165, 1.54) is 24.4 Å². The lowest BCUT2D eigenvalue weighted by molar-refractivity contribution is -0.141. The van der Waals surface area contributed by atoms with Crippen LogP contribution in [-0.4, -0.2) is 64.6 Å². The Labute approximate surface area is 208 Å². The third-order valence-electron chi connectivity index (χ3n) is 4.60. The molecule has 0 radical (unpaired) electrons. The Morgan fingerprint density at radius 1 is 1.18 bits per heavy atom. The Kier molecular flexibility index (Phi) is 8.37. The molecule has 1 aliphatic heterocycles. The van der Waals surface area contributed by atoms with Crippen LogP contribution in [0.5, 0.6) is 5.75 Å². The van der Waals surface area contributed by atoms with Gasteiger partial charge in [0.05, 0.1) is 29.4 Å². The van der Waals surface area contributed by atoms with Crippen LogP contribution < -0.4 is 21.3 Å². The van der Waals surface area contributed by atoms with Crippen molar-refractivity contribution in [3.63, 3.8) is 0 Å². The Hall–Kier alpha value is -3.28. The third kappa shape index (κ3) is 6.62. The number of aromatic hydroxyl groups is 1. The number of nitrogens with one attached hydrogen (secondary N) is 4. The first kappa shape index (κ1) is 25.3. The number of hydrogen-bond donors (Lipinski definition) is 6. The molecule has 0 saturated heterocycles. The summed E-state index contributed by atoms with van der Waals surface area (Å²) in [7, 11) is 0. The van der Waals surface area contributed by atoms with Gasteiger partial charge in [0.1, 0.15) is 11.8 Å². The summed E-state index contributed by atoms with van der Waals surface area (Å²) in [6.07, 6.45) is 0.950. The maximum atomic E-state index is 12.5. The van der Waals surface area contributed by atoms with Crippen molar-refractivity contribution in [3.8, 4) is 5.75 Å². The van der Waals surface area contributed by atoms with E-state index >= 15 is 0 Å². The lowest BCUT2D eigenvalue weighted by atomic mass is 10.0. The smallest absolute Gasteiger partial charge is 0.326 e. The van der Waals surface area contributed by atoms with E-state index in [0.717, 1.165) is 0 Å². The number of carboxylic acid groups (broad SMARTS) is 1. The number of anilines is 1. The van der Waals surface area contributed by atoms with Crippen LogP contribution in [0.1, 0.15) is 15.9 Å². The van der Waals surface area contributed by atoms with Crippen molar-refractivity contribution < 1.29 is 24.6 Å². The maximum absolute atomic E-state index is 12.5. The molecule has 2 aromatic rings. The number of aliphatic imine (C=N–C) groups is 1. The molecule has 3 rings (SSSR count). The summed E-state index contributed by atoms with van der Waals surface area (Å²) in [5.41, 5.74) is 0.604. The molecular formula is C20H19Cl3N6O5. The molecule has 0 bridgehead atoms. The number of halogens is 3. The topological polar surface area (TPSA) is 165 Å². The predicted molar refractivity (Wildman–Crippen MR) is 127 cm³/mol. The second-order valence-electron chi connectivity index (χ2n) is 7.08. The molecule has 0 saturated carbocycles. The van der Waals surface area contributed by atoms with Crippen LogP contribution >= 0.6 is 34.8 Å². The van der Waals surface area contributed by atoms with E-state index < -0.39 is 30.4 Å². The molecule has 0 aliphatic carbocycles. The first-order valence-electron chi connectivity index (χ1n) is 9.82. The van der Waals surface area contributed by atoms with Gasteiger partial charge in [0, 0.05) is 24.2 Å². The average Bonchev–Trinajstić information content (AvgIpc) is 3.29. The van der Waals surface area contributed by atoms with Crippen molar-refractivity contribution in [1.29, 1.82) is 0 Å². The SMILES string of the molecule is O=C(CNC(=O)c1cnc(Cl)c(NC2=NCCN2)c1)N[C@@H](Cc1cc(Cl)cc(Cl)c1O)C(=O)O. The zero-order valence-corrected chi connectivity index (χ0v) is 19.6. The molecule has 1 aromatic carbocycles. The summed E-state index contributed by atoms with van der Waals surface area (Å²) < 4.78 is 0. The molecule has 1 aliphatic rings. The summed E-state index contributed by atoms with van der Waals surface area (Å²) in [6, 6.07) is 2.68. The summed E-state index contributed by atoms with van der Waals surface area (Å²) >= 11 is 17.8. The van der Waals surface area contributed by atoms with Crippen molar-refractivity contribution >= 4 is 64.2 Å². The largest absolute Gasteiger partial charge is 0.506 e. The number of rotatable bonds is 8. The summed E-state index contributed by atoms with van der Waals surface area (Å²) in [5.74, 6) is -2.59. The Bertz CT molecular complexity index is 1160. The highest BCUT2D eigenvalue weighted by Gasteiger charge is 2.23. The molecule has 2 amide bonds. The maximum Gasteiger partial charge on any atom is 0.326 e. The molecule has 1 aromatic heterocycles. The van der Waals surface area contributed by atoms with Gasteiger partial charge < -0.3 is 31.5 Å². The van der Waals surface area contributed by atoms with Gasteiger partial charge in [-0.15, -0.1) is 0 Å². The number of carbonyl (C=O) groups excluding carboxylic acids is 2. The number of aromatic nitrogens is 1. The summed E-state index contributed by atoms with van der Waals surface area (Å²) in [4.78, 5) is 44.4. The first-order chi connectivity index (χ1) is 16.1. The molecule has 0 fully saturated rings. The van der Waals surface area contributed by atoms with Gasteiger partial charge in [-0.25, -0.2) is 9.78 Å². The fourth-order valence-electron chi connectivity index (χ4n) is 2.97. The molecule has 1 atom stereocenters. The summed E-state index contributed by atoms with van der Waals surface area (Å²) in [6.45, 7) is 0.762. The van der Waals surface area contributed by atoms with E-state index in [-0.39, 0.29) is 38.5 Å². The quantitative estimate of drug-likeness (QED) is 0.281. The Morgan fingerprint density at radius 3 is 2.62 bits per heavy atom. The van der Waals surface area contributed by atoms with Crippen LogP contribution in [0.25, 0.3) is 0 Å². The minimum absolute atomic E-state index is 0.0496. The third-order valence-corrected chi connectivity index (χ3v) is 5.41. The number of amides is 2. The number of carbonyl (C=O) groups is 3. The number of pyridine rings is 1. The predicted octanol–water partition coefficient (Wildman–Crippen LogP) is 1.66. The van der Waals surface area contributed by atoms with Crippen LogP contribution in [0.3, 0.4) is 0 Å². The second kappa shape index (κ2) is 11.2. The normalized spacial score (nSPS) is 13.4. The van der Waals surface area contributed by atoms with Gasteiger partial charge in [0.15, 0.2) is 11.1 Å². The number of phenolic OH excluding ortho intramolecular Hbond substituents is 1. The monoisotopic (exact) mass is 528 g/mol. The van der Waals surface area contributed by atoms with Crippen molar-refractivity contribution in [2.24, 2.45) is 4.99 Å². The van der Waals surface area contributed by atoms with Crippen LogP contribution in [0, 0.1) is 0 Å². The van der Waals surface area contributed by atoms with Crippen molar-refractivity contribution in [3.05, 3.63) is 50.7 Å². The number of nitrogens with zero attached hydrogens (tertiary/aromatic N) is 2. The molecule has 14 heteroatoms. The highest BCUT2D eigenvalue weighted by atomic mass is 35.5. The van der Waals surface area contributed by atoms with Crippen molar-refractivity contribution in [1.82, 2.24) is 20.9 Å². The standard InChI is InChI=1S/C20H19Cl3N6O5/c21-11-3-9(16(31)12(22)6-11)4-14(19(33)34)28-15(30)8-27-18(32)10-5-13(17(23)26-7-10)29-20-24-1-2-25-20/h3,5-7,14,31H,1-2,4,8H2,(H,27,32)(H,28,30)(H,33,34)(H2,24,25,29)/t14-/m0/s1. The highest BCUT2D eigenvalue weighted by molar-refractivity contribution is 6.35. The lowest BCUT2D eigenvalue weighted by Crippen LogP contribution is -2.46. The molecule has 0 spiro atoms. The zero-order valence-electron chi connectivity index (χ0n) is 17.4. The molecule has 11 nitrogen and oxygen atoms in total. The molecular weight excluding hydrogens is 511 g/mol. The second-order valence-corrected chi connectivity index (χ2v) is 8.29. The average molecular weight is 530 g/mol. The highest BCUT2D eigenvalue weighted by Crippen LogP contribution is 2.32. The van der Waals surface area contributed by atoms with Crippen LogP contribution in [0.2, 0.25) is 15.2 Å². The van der Waals surface area contributed by atoms with Crippen LogP contribution in [0.4, 0.5) is 5.69 Å². The Morgan fingerprint density at radius 2 is 1.94 bits per heavy atom. The van der Waals surface area contributed by atoms with Gasteiger partial charge in [-0.2, -0.15) is 0 Å². The van der Waals surface area contributed by atoms with Crippen molar-refractivity contribution in [2.45, 2.75) is 12.5 Å². The molecule has 180 valence electrons. The van der Waals surface area contributed by atoms with E-state index in [9.17, 15) is 24.6 Å². The van der Waals surface area contributed by atoms with E-state index in [1.54, 1.807) is 0 Å². The minimum Gasteiger partial charge on any atom is -0.506 e. The van der Waals surface area contributed by atoms with Crippen LogP contribution in [-0.2, 0) is 16.0 Å². The molecule has 0 unspecified atom stereocenters. The van der Waals surface area contributed by atoms with Gasteiger partial charge in [-0.3, -0.25) is 14.6 Å². The Balaban J connectivity index is 1.60. The fourth-order valence-corrected chi connectivity index (χ4v) is 3.66. The van der Waals surface area contributed by atoms with E-state index in [2.05, 4.69) is 31.2 Å². The summed E-state index contributed by atoms with van der Waals surface area (Å²) in [5, 5.41) is 30.3. The number of carboxylic acids is 1. The number of guanidine groups is 1. The molecule has 34 heavy (non-hydrogen) atoms. The number of benzene rings is 1. The van der Waals surface area contributed by atoms with E-state index in [1.807, 2.05) is 0 Å².